The molecule has 94 valence electrons. The van der Waals surface area contributed by atoms with Crippen LogP contribution in [0.4, 0.5) is 11.6 Å². The number of nitrogens with zero attached hydrogens (tertiary/aromatic N) is 3. The third-order valence-electron chi connectivity index (χ3n) is 2.41. The first kappa shape index (κ1) is 12.3. The van der Waals surface area contributed by atoms with Crippen LogP contribution in [0.5, 0.6) is 0 Å². The van der Waals surface area contributed by atoms with Gasteiger partial charge in [0.2, 0.25) is 0 Å². The van der Waals surface area contributed by atoms with Gasteiger partial charge in [0.05, 0.1) is 12.2 Å². The van der Waals surface area contributed by atoms with E-state index < -0.39 is 0 Å². The normalized spacial score (nSPS) is 10.1. The molecule has 0 saturated carbocycles. The van der Waals surface area contributed by atoms with Gasteiger partial charge in [-0.05, 0) is 12.1 Å². The number of nitrogens with two attached hydrogens (primary N) is 1. The Morgan fingerprint density at radius 2 is 2.06 bits per heavy atom. The summed E-state index contributed by atoms with van der Waals surface area (Å²) in [5, 5.41) is 3.20. The van der Waals surface area contributed by atoms with Gasteiger partial charge in [-0.2, -0.15) is 0 Å². The molecule has 0 fully saturated rings. The van der Waals surface area contributed by atoms with E-state index in [1.807, 2.05) is 25.1 Å². The van der Waals surface area contributed by atoms with Gasteiger partial charge in [-0.25, -0.2) is 15.8 Å². The van der Waals surface area contributed by atoms with Crippen LogP contribution < -0.4 is 16.6 Å². The van der Waals surface area contributed by atoms with E-state index in [-0.39, 0.29) is 0 Å². The summed E-state index contributed by atoms with van der Waals surface area (Å²) in [5.74, 6) is 7.45. The summed E-state index contributed by atoms with van der Waals surface area (Å²) in [5.41, 5.74) is 3.49. The molecule has 2 aromatic rings. The Bertz CT molecular complexity index is 477. The lowest BCUT2D eigenvalue weighted by Crippen LogP contribution is -2.12. The van der Waals surface area contributed by atoms with Crippen LogP contribution in [-0.4, -0.2) is 15.0 Å². The van der Waals surface area contributed by atoms with Crippen molar-refractivity contribution in [3.05, 3.63) is 42.0 Å². The third-order valence-corrected chi connectivity index (χ3v) is 2.41. The van der Waals surface area contributed by atoms with Gasteiger partial charge >= 0.3 is 0 Å². The Morgan fingerprint density at radius 1 is 1.22 bits per heavy atom. The van der Waals surface area contributed by atoms with Crippen molar-refractivity contribution >= 4 is 11.6 Å². The molecule has 2 heterocycles. The zero-order valence-corrected chi connectivity index (χ0v) is 10.2. The fourth-order valence-electron chi connectivity index (χ4n) is 1.50. The van der Waals surface area contributed by atoms with E-state index in [0.29, 0.717) is 12.4 Å². The lowest BCUT2D eigenvalue weighted by Gasteiger charge is -2.08. The highest BCUT2D eigenvalue weighted by molar-refractivity contribution is 5.47. The maximum Gasteiger partial charge on any atom is 0.145 e. The predicted molar refractivity (Wildman–Crippen MR) is 70.8 cm³/mol. The predicted octanol–water partition coefficient (Wildman–Crippen LogP) is 1.33. The lowest BCUT2D eigenvalue weighted by molar-refractivity contribution is 0.926. The summed E-state index contributed by atoms with van der Waals surface area (Å²) in [6.45, 7) is 2.61. The Morgan fingerprint density at radius 3 is 2.72 bits per heavy atom. The van der Waals surface area contributed by atoms with E-state index in [9.17, 15) is 0 Å². The minimum Gasteiger partial charge on any atom is -0.364 e. The first-order chi connectivity index (χ1) is 8.81. The fourth-order valence-corrected chi connectivity index (χ4v) is 1.50. The van der Waals surface area contributed by atoms with Gasteiger partial charge in [-0.3, -0.25) is 4.98 Å². The molecule has 0 spiro atoms. The summed E-state index contributed by atoms with van der Waals surface area (Å²) >= 11 is 0. The van der Waals surface area contributed by atoms with Gasteiger partial charge in [0, 0.05) is 18.7 Å². The SMILES string of the molecule is CCc1nc(NN)cc(NCc2ccccn2)n1. The molecular weight excluding hydrogens is 228 g/mol. The lowest BCUT2D eigenvalue weighted by atomic mass is 10.3. The number of hydrazine groups is 1. The Kier molecular flexibility index (Phi) is 4.03. The third kappa shape index (κ3) is 3.14. The van der Waals surface area contributed by atoms with Crippen molar-refractivity contribution in [2.75, 3.05) is 10.7 Å². The molecule has 2 aromatic heterocycles. The standard InChI is InChI=1S/C12H16N6/c1-2-10-16-11(7-12(17-10)18-13)15-8-9-5-3-4-6-14-9/h3-7H,2,8,13H2,1H3,(H2,15,16,17,18). The summed E-state index contributed by atoms with van der Waals surface area (Å²) < 4.78 is 0. The second kappa shape index (κ2) is 5.92. The van der Waals surface area contributed by atoms with E-state index in [4.69, 9.17) is 5.84 Å². The van der Waals surface area contributed by atoms with Crippen LogP contribution in [0.3, 0.4) is 0 Å². The first-order valence-electron chi connectivity index (χ1n) is 5.80. The van der Waals surface area contributed by atoms with Crippen LogP contribution >= 0.6 is 0 Å². The molecule has 2 rings (SSSR count). The van der Waals surface area contributed by atoms with Crippen LogP contribution in [0.1, 0.15) is 18.4 Å². The molecule has 0 atom stereocenters. The number of pyridine rings is 1. The van der Waals surface area contributed by atoms with Crippen molar-refractivity contribution in [2.45, 2.75) is 19.9 Å². The molecular formula is C12H16N6. The van der Waals surface area contributed by atoms with Crippen molar-refractivity contribution in [2.24, 2.45) is 5.84 Å². The van der Waals surface area contributed by atoms with Gasteiger partial charge in [0.25, 0.3) is 0 Å². The van der Waals surface area contributed by atoms with E-state index >= 15 is 0 Å². The van der Waals surface area contributed by atoms with E-state index in [0.717, 1.165) is 23.8 Å². The van der Waals surface area contributed by atoms with Crippen LogP contribution in [0, 0.1) is 0 Å². The summed E-state index contributed by atoms with van der Waals surface area (Å²) in [6, 6.07) is 7.56. The maximum atomic E-state index is 5.37. The zero-order chi connectivity index (χ0) is 12.8. The monoisotopic (exact) mass is 244 g/mol. The van der Waals surface area contributed by atoms with Crippen LogP contribution in [0.2, 0.25) is 0 Å². The maximum absolute atomic E-state index is 5.37. The molecule has 6 heteroatoms. The van der Waals surface area contributed by atoms with Gasteiger partial charge < -0.3 is 10.7 Å². The molecule has 0 bridgehead atoms. The molecule has 0 aliphatic heterocycles. The number of anilines is 2. The molecule has 6 nitrogen and oxygen atoms in total. The highest BCUT2D eigenvalue weighted by Gasteiger charge is 2.02. The number of hydrogen-bond donors (Lipinski definition) is 3. The zero-order valence-electron chi connectivity index (χ0n) is 10.2. The minimum absolute atomic E-state index is 0.602. The molecule has 0 unspecified atom stereocenters. The number of rotatable bonds is 5. The van der Waals surface area contributed by atoms with Crippen molar-refractivity contribution in [1.82, 2.24) is 15.0 Å². The van der Waals surface area contributed by atoms with Crippen molar-refractivity contribution in [3.63, 3.8) is 0 Å². The Balaban J connectivity index is 2.09. The van der Waals surface area contributed by atoms with Crippen LogP contribution in [-0.2, 0) is 13.0 Å². The number of nitrogen functional groups attached to an aromatic ring is 1. The van der Waals surface area contributed by atoms with Crippen molar-refractivity contribution < 1.29 is 0 Å². The van der Waals surface area contributed by atoms with Gasteiger partial charge in [0.15, 0.2) is 0 Å². The smallest absolute Gasteiger partial charge is 0.145 e. The summed E-state index contributed by atoms with van der Waals surface area (Å²) in [7, 11) is 0. The Labute approximate surface area is 106 Å². The van der Waals surface area contributed by atoms with Crippen molar-refractivity contribution in [3.8, 4) is 0 Å². The van der Waals surface area contributed by atoms with E-state index in [1.165, 1.54) is 0 Å². The molecule has 0 aromatic carbocycles. The largest absolute Gasteiger partial charge is 0.364 e. The molecule has 0 radical (unpaired) electrons. The second-order valence-electron chi connectivity index (χ2n) is 3.73. The van der Waals surface area contributed by atoms with Gasteiger partial charge in [-0.1, -0.05) is 13.0 Å². The Hall–Kier alpha value is -2.21. The topological polar surface area (TPSA) is 88.8 Å². The molecule has 0 amide bonds. The highest BCUT2D eigenvalue weighted by atomic mass is 15.3. The molecule has 0 aliphatic rings. The van der Waals surface area contributed by atoms with Crippen molar-refractivity contribution in [1.29, 1.82) is 0 Å². The van der Waals surface area contributed by atoms with E-state index in [1.54, 1.807) is 12.3 Å². The number of nitrogens with one attached hydrogen (secondary N) is 2. The number of hydrogen-bond acceptors (Lipinski definition) is 6. The van der Waals surface area contributed by atoms with E-state index in [2.05, 4.69) is 25.7 Å². The molecule has 18 heavy (non-hydrogen) atoms. The summed E-state index contributed by atoms with van der Waals surface area (Å²) in [6.07, 6.45) is 2.52. The number of aryl methyl sites for hydroxylation is 1. The quantitative estimate of drug-likeness (QED) is 0.543. The van der Waals surface area contributed by atoms with Gasteiger partial charge in [-0.15, -0.1) is 0 Å². The average Bonchev–Trinajstić information content (AvgIpc) is 2.45. The van der Waals surface area contributed by atoms with Gasteiger partial charge in [0.1, 0.15) is 17.5 Å². The fraction of sp³-hybridized carbons (Fsp3) is 0.250. The molecule has 0 saturated heterocycles. The average molecular weight is 244 g/mol. The first-order valence-corrected chi connectivity index (χ1v) is 5.80. The minimum atomic E-state index is 0.602. The van der Waals surface area contributed by atoms with Crippen LogP contribution in [0.15, 0.2) is 30.5 Å². The highest BCUT2D eigenvalue weighted by Crippen LogP contribution is 2.11. The second-order valence-corrected chi connectivity index (χ2v) is 3.73. The molecule has 4 N–H and O–H groups in total. The molecule has 0 aliphatic carbocycles. The van der Waals surface area contributed by atoms with Crippen LogP contribution in [0.25, 0.3) is 0 Å². The summed E-state index contributed by atoms with van der Waals surface area (Å²) in [4.78, 5) is 12.8. The number of aromatic nitrogens is 3.